The molecule has 2 atom stereocenters. The van der Waals surface area contributed by atoms with Crippen LogP contribution in [-0.4, -0.2) is 28.0 Å². The van der Waals surface area contributed by atoms with Crippen molar-refractivity contribution in [1.82, 2.24) is 9.97 Å². The zero-order valence-electron chi connectivity index (χ0n) is 13.6. The maximum atomic E-state index is 11.6. The predicted octanol–water partition coefficient (Wildman–Crippen LogP) is 1.92. The zero-order chi connectivity index (χ0) is 17.1. The van der Waals surface area contributed by atoms with Crippen molar-refractivity contribution in [1.29, 1.82) is 0 Å². The number of primary amides is 1. The van der Waals surface area contributed by atoms with E-state index in [9.17, 15) is 4.79 Å². The Morgan fingerprint density at radius 2 is 2.17 bits per heavy atom. The number of anilines is 3. The third-order valence-electron chi connectivity index (χ3n) is 4.14. The highest BCUT2D eigenvalue weighted by Gasteiger charge is 2.22. The molecule has 1 heterocycles. The molecule has 0 radical (unpaired) electrons. The van der Waals surface area contributed by atoms with E-state index in [4.69, 9.17) is 11.5 Å². The van der Waals surface area contributed by atoms with E-state index >= 15 is 0 Å². The third kappa shape index (κ3) is 3.80. The fourth-order valence-corrected chi connectivity index (χ4v) is 2.92. The van der Waals surface area contributed by atoms with Crippen molar-refractivity contribution in [2.45, 2.75) is 38.3 Å². The van der Waals surface area contributed by atoms with Gasteiger partial charge in [-0.3, -0.25) is 4.79 Å². The number of nitrogens with two attached hydrogens (primary N) is 2. The summed E-state index contributed by atoms with van der Waals surface area (Å²) >= 11 is 0. The van der Waals surface area contributed by atoms with Gasteiger partial charge in [-0.05, 0) is 43.9 Å². The first kappa shape index (κ1) is 16.2. The van der Waals surface area contributed by atoms with Gasteiger partial charge in [-0.2, -0.15) is 4.98 Å². The highest BCUT2D eigenvalue weighted by molar-refractivity contribution is 5.98. The minimum absolute atomic E-state index is 0.220. The van der Waals surface area contributed by atoms with E-state index in [0.717, 1.165) is 30.5 Å². The molecule has 24 heavy (non-hydrogen) atoms. The zero-order valence-corrected chi connectivity index (χ0v) is 13.6. The van der Waals surface area contributed by atoms with Crippen LogP contribution in [0.25, 0.3) is 0 Å². The molecule has 1 saturated carbocycles. The van der Waals surface area contributed by atoms with Crippen LogP contribution < -0.4 is 22.1 Å². The van der Waals surface area contributed by atoms with E-state index in [2.05, 4.69) is 20.6 Å². The molecule has 0 bridgehead atoms. The van der Waals surface area contributed by atoms with E-state index in [-0.39, 0.29) is 17.6 Å². The number of rotatable bonds is 5. The first-order valence-electron chi connectivity index (χ1n) is 8.04. The summed E-state index contributed by atoms with van der Waals surface area (Å²) in [5.41, 5.74) is 13.6. The minimum atomic E-state index is -0.570. The fraction of sp³-hybridized carbons (Fsp3) is 0.353. The van der Waals surface area contributed by atoms with Crippen molar-refractivity contribution in [3.63, 3.8) is 0 Å². The van der Waals surface area contributed by atoms with Crippen LogP contribution >= 0.6 is 0 Å². The number of hydrogen-bond acceptors (Lipinski definition) is 6. The number of nitrogens with zero attached hydrogens (tertiary/aromatic N) is 2. The summed E-state index contributed by atoms with van der Waals surface area (Å²) in [5.74, 6) is 0.293. The van der Waals surface area contributed by atoms with Crippen molar-refractivity contribution >= 4 is 23.4 Å². The van der Waals surface area contributed by atoms with Gasteiger partial charge in [-0.25, -0.2) is 4.98 Å². The summed E-state index contributed by atoms with van der Waals surface area (Å²) in [5, 5.41) is 6.43. The van der Waals surface area contributed by atoms with Crippen LogP contribution in [0.5, 0.6) is 0 Å². The Morgan fingerprint density at radius 3 is 2.83 bits per heavy atom. The van der Waals surface area contributed by atoms with Crippen molar-refractivity contribution in [3.05, 3.63) is 41.6 Å². The summed E-state index contributed by atoms with van der Waals surface area (Å²) < 4.78 is 0. The normalized spacial score (nSPS) is 19.9. The van der Waals surface area contributed by atoms with Gasteiger partial charge in [0.05, 0.1) is 0 Å². The molecule has 3 rings (SSSR count). The van der Waals surface area contributed by atoms with Gasteiger partial charge in [-0.15, -0.1) is 0 Å². The van der Waals surface area contributed by atoms with Crippen LogP contribution in [0.15, 0.2) is 30.5 Å². The molecule has 1 aliphatic carbocycles. The minimum Gasteiger partial charge on any atom is -0.365 e. The summed E-state index contributed by atoms with van der Waals surface area (Å²) in [4.78, 5) is 20.3. The number of benzene rings is 1. The number of aromatic nitrogens is 2. The number of hydrogen-bond donors (Lipinski definition) is 4. The monoisotopic (exact) mass is 326 g/mol. The Hall–Kier alpha value is -2.67. The predicted molar refractivity (Wildman–Crippen MR) is 94.2 cm³/mol. The summed E-state index contributed by atoms with van der Waals surface area (Å²) in [7, 11) is 0. The van der Waals surface area contributed by atoms with Crippen molar-refractivity contribution in [3.8, 4) is 0 Å². The molecule has 1 unspecified atom stereocenters. The van der Waals surface area contributed by atoms with Gasteiger partial charge in [0, 0.05) is 24.0 Å². The number of aryl methyl sites for hydroxylation is 1. The van der Waals surface area contributed by atoms with Crippen LogP contribution in [0.1, 0.15) is 35.2 Å². The first-order chi connectivity index (χ1) is 11.5. The number of carbonyl (C=O) groups is 1. The average molecular weight is 326 g/mol. The molecule has 126 valence electrons. The first-order valence-corrected chi connectivity index (χ1v) is 8.04. The third-order valence-corrected chi connectivity index (χ3v) is 4.14. The number of carbonyl (C=O) groups excluding carboxylic acids is 1. The molecular weight excluding hydrogens is 304 g/mol. The van der Waals surface area contributed by atoms with Crippen LogP contribution in [0.2, 0.25) is 0 Å². The quantitative estimate of drug-likeness (QED) is 0.666. The highest BCUT2D eigenvalue weighted by Crippen LogP contribution is 2.23. The largest absolute Gasteiger partial charge is 0.365 e. The van der Waals surface area contributed by atoms with Crippen molar-refractivity contribution in [2.24, 2.45) is 11.5 Å². The van der Waals surface area contributed by atoms with Gasteiger partial charge in [0.25, 0.3) is 5.91 Å². The molecule has 2 aromatic rings. The topological polar surface area (TPSA) is 119 Å². The molecule has 7 heteroatoms. The molecule has 0 spiro atoms. The lowest BCUT2D eigenvalue weighted by Gasteiger charge is -2.15. The molecule has 1 aromatic heterocycles. The fourth-order valence-electron chi connectivity index (χ4n) is 2.92. The van der Waals surface area contributed by atoms with Gasteiger partial charge < -0.3 is 22.1 Å². The smallest absolute Gasteiger partial charge is 0.254 e. The van der Waals surface area contributed by atoms with E-state index in [0.29, 0.717) is 11.8 Å². The van der Waals surface area contributed by atoms with Gasteiger partial charge in [0.15, 0.2) is 0 Å². The van der Waals surface area contributed by atoms with Crippen molar-refractivity contribution < 1.29 is 4.79 Å². The molecule has 1 fully saturated rings. The molecule has 0 saturated heterocycles. The maximum absolute atomic E-state index is 11.6. The Balaban J connectivity index is 1.84. The lowest BCUT2D eigenvalue weighted by molar-refractivity contribution is 0.100. The average Bonchev–Trinajstić information content (AvgIpc) is 2.92. The molecule has 0 aliphatic heterocycles. The second-order valence-electron chi connectivity index (χ2n) is 6.23. The number of amides is 1. The Labute approximate surface area is 140 Å². The molecule has 1 aliphatic rings. The second-order valence-corrected chi connectivity index (χ2v) is 6.23. The Bertz CT molecular complexity index is 748. The van der Waals surface area contributed by atoms with Crippen LogP contribution in [0, 0.1) is 6.92 Å². The summed E-state index contributed by atoms with van der Waals surface area (Å²) in [6.07, 6.45) is 4.32. The molecule has 1 aromatic carbocycles. The lowest BCUT2D eigenvalue weighted by Crippen LogP contribution is -2.22. The van der Waals surface area contributed by atoms with Crippen LogP contribution in [0.3, 0.4) is 0 Å². The Morgan fingerprint density at radius 1 is 1.33 bits per heavy atom. The summed E-state index contributed by atoms with van der Waals surface area (Å²) in [6.45, 7) is 2.00. The van der Waals surface area contributed by atoms with Gasteiger partial charge >= 0.3 is 0 Å². The van der Waals surface area contributed by atoms with E-state index in [1.54, 1.807) is 0 Å². The Kier molecular flexibility index (Phi) is 4.61. The lowest BCUT2D eigenvalue weighted by atomic mass is 10.2. The maximum Gasteiger partial charge on any atom is 0.254 e. The van der Waals surface area contributed by atoms with Gasteiger partial charge in [0.2, 0.25) is 5.95 Å². The van der Waals surface area contributed by atoms with Gasteiger partial charge in [-0.1, -0.05) is 12.1 Å². The molecule has 1 amide bonds. The van der Waals surface area contributed by atoms with E-state index < -0.39 is 5.91 Å². The van der Waals surface area contributed by atoms with Crippen LogP contribution in [-0.2, 0) is 0 Å². The molecular formula is C17H22N6O. The standard InChI is InChI=1S/C17H22N6O/c1-10-3-2-4-12(7-10)21-16-14(15(19)24)9-20-17(23-16)22-13-6-5-11(18)8-13/h2-4,7,9,11,13H,5-6,8,18H2,1H3,(H2,19,24)(H2,20,21,22,23)/t11-,13?/m0/s1. The molecule has 6 N–H and O–H groups in total. The SMILES string of the molecule is Cc1cccc(Nc2nc(NC3CC[C@H](N)C3)ncc2C(N)=O)c1. The highest BCUT2D eigenvalue weighted by atomic mass is 16.1. The van der Waals surface area contributed by atoms with Gasteiger partial charge in [0.1, 0.15) is 11.4 Å². The van der Waals surface area contributed by atoms with E-state index in [1.807, 2.05) is 31.2 Å². The molecule has 7 nitrogen and oxygen atoms in total. The number of nitrogens with one attached hydrogen (secondary N) is 2. The summed E-state index contributed by atoms with van der Waals surface area (Å²) in [6, 6.07) is 8.28. The van der Waals surface area contributed by atoms with Crippen LogP contribution in [0.4, 0.5) is 17.5 Å². The second kappa shape index (κ2) is 6.84. The van der Waals surface area contributed by atoms with E-state index in [1.165, 1.54) is 6.20 Å². The van der Waals surface area contributed by atoms with Crippen molar-refractivity contribution in [2.75, 3.05) is 10.6 Å².